The van der Waals surface area contributed by atoms with E-state index in [9.17, 15) is 20.4 Å². The highest BCUT2D eigenvalue weighted by molar-refractivity contribution is 6.33. The number of aliphatic hydroxyl groups excluding tert-OH is 4. The molecule has 2 aromatic rings. The maximum Gasteiger partial charge on any atom is 0.180 e. The predicted octanol–water partition coefficient (Wildman–Crippen LogP) is 1.23. The molecule has 0 aliphatic carbocycles. The quantitative estimate of drug-likeness (QED) is 0.535. The normalized spacial score (nSPS) is 27.7. The Morgan fingerprint density at radius 2 is 1.68 bits per heavy atom. The average Bonchev–Trinajstić information content (AvgIpc) is 2.80. The fraction of sp³-hybridized carbons (Fsp3) is 0.455. The monoisotopic (exact) mass is 452 g/mol. The predicted molar refractivity (Wildman–Crippen MR) is 111 cm³/mol. The van der Waals surface area contributed by atoms with Gasteiger partial charge in [0.2, 0.25) is 0 Å². The Kier molecular flexibility index (Phi) is 6.57. The number of aliphatic hydroxyl groups is 4. The minimum atomic E-state index is -1.50. The molecular formula is C22H25ClO8. The number of fused-ring (bicyclic) bond motifs is 1. The number of ether oxygens (including phenoxy) is 4. The molecule has 1 fully saturated rings. The standard InChI is InChI=1S/C22H25ClO8/c1-28-13-4-2-11(3-5-13)8-12-9-14(21-22(16(12)23)30-7-6-29-21)20-19(27)18(26)17(25)15(10-24)31-20/h2-5,9,15,17-20,24-27H,6-8,10H2,1H3/t15-,17-,18+,19-,20+/m1/s1. The van der Waals surface area contributed by atoms with Crippen LogP contribution in [0.4, 0.5) is 0 Å². The lowest BCUT2D eigenvalue weighted by Crippen LogP contribution is -2.55. The summed E-state index contributed by atoms with van der Waals surface area (Å²) in [4.78, 5) is 0. The van der Waals surface area contributed by atoms with Crippen LogP contribution in [-0.2, 0) is 11.2 Å². The molecule has 168 valence electrons. The molecule has 0 spiro atoms. The number of hydrogen-bond acceptors (Lipinski definition) is 8. The van der Waals surface area contributed by atoms with Crippen molar-refractivity contribution in [3.63, 3.8) is 0 Å². The van der Waals surface area contributed by atoms with E-state index in [1.54, 1.807) is 13.2 Å². The van der Waals surface area contributed by atoms with Crippen LogP contribution >= 0.6 is 11.6 Å². The Bertz CT molecular complexity index is 917. The van der Waals surface area contributed by atoms with Crippen LogP contribution in [0.15, 0.2) is 30.3 Å². The van der Waals surface area contributed by atoms with Crippen molar-refractivity contribution in [2.45, 2.75) is 36.9 Å². The van der Waals surface area contributed by atoms with Gasteiger partial charge in [-0.1, -0.05) is 23.7 Å². The van der Waals surface area contributed by atoms with E-state index in [1.807, 2.05) is 24.3 Å². The van der Waals surface area contributed by atoms with Gasteiger partial charge in [-0.05, 0) is 35.7 Å². The van der Waals surface area contributed by atoms with Crippen LogP contribution in [0.2, 0.25) is 5.02 Å². The van der Waals surface area contributed by atoms with Crippen LogP contribution in [0.25, 0.3) is 0 Å². The van der Waals surface area contributed by atoms with Gasteiger partial charge in [-0.3, -0.25) is 0 Å². The molecular weight excluding hydrogens is 428 g/mol. The summed E-state index contributed by atoms with van der Waals surface area (Å²) in [7, 11) is 1.60. The first-order chi connectivity index (χ1) is 14.9. The molecule has 2 aromatic carbocycles. The number of methoxy groups -OCH3 is 1. The van der Waals surface area contributed by atoms with E-state index in [4.69, 9.17) is 30.5 Å². The van der Waals surface area contributed by atoms with Gasteiger partial charge >= 0.3 is 0 Å². The lowest BCUT2D eigenvalue weighted by atomic mass is 9.89. The van der Waals surface area contributed by atoms with Crippen LogP contribution in [0.1, 0.15) is 22.8 Å². The molecule has 2 aliphatic rings. The van der Waals surface area contributed by atoms with Crippen molar-refractivity contribution in [3.8, 4) is 17.2 Å². The molecule has 0 amide bonds. The number of hydrogen-bond donors (Lipinski definition) is 4. The number of benzene rings is 2. The Morgan fingerprint density at radius 3 is 2.32 bits per heavy atom. The first-order valence-electron chi connectivity index (χ1n) is 9.99. The summed E-state index contributed by atoms with van der Waals surface area (Å²) in [6, 6.07) is 9.27. The summed E-state index contributed by atoms with van der Waals surface area (Å²) in [5.41, 5.74) is 2.11. The molecule has 0 unspecified atom stereocenters. The second-order valence-corrected chi connectivity index (χ2v) is 7.95. The average molecular weight is 453 g/mol. The van der Waals surface area contributed by atoms with E-state index in [-0.39, 0.29) is 6.61 Å². The topological polar surface area (TPSA) is 118 Å². The van der Waals surface area contributed by atoms with Gasteiger partial charge < -0.3 is 39.4 Å². The van der Waals surface area contributed by atoms with Crippen molar-refractivity contribution >= 4 is 11.6 Å². The third-order valence-corrected chi connectivity index (χ3v) is 6.02. The van der Waals surface area contributed by atoms with Crippen molar-refractivity contribution in [3.05, 3.63) is 52.0 Å². The molecule has 5 atom stereocenters. The van der Waals surface area contributed by atoms with E-state index in [1.165, 1.54) is 0 Å². The molecule has 9 heteroatoms. The highest BCUT2D eigenvalue weighted by Gasteiger charge is 2.45. The van der Waals surface area contributed by atoms with E-state index in [0.29, 0.717) is 40.7 Å². The Labute approximate surface area is 184 Å². The molecule has 0 aromatic heterocycles. The van der Waals surface area contributed by atoms with Crippen LogP contribution in [0, 0.1) is 0 Å². The summed E-state index contributed by atoms with van der Waals surface area (Å²) in [5, 5.41) is 40.9. The molecule has 2 aliphatic heterocycles. The zero-order valence-electron chi connectivity index (χ0n) is 16.9. The van der Waals surface area contributed by atoms with Gasteiger partial charge in [0.25, 0.3) is 0 Å². The van der Waals surface area contributed by atoms with Gasteiger partial charge in [0.05, 0.1) is 18.7 Å². The van der Waals surface area contributed by atoms with Gasteiger partial charge in [0.15, 0.2) is 11.5 Å². The van der Waals surface area contributed by atoms with Gasteiger partial charge in [0, 0.05) is 5.56 Å². The van der Waals surface area contributed by atoms with Crippen molar-refractivity contribution < 1.29 is 39.4 Å². The summed E-state index contributed by atoms with van der Waals surface area (Å²) < 4.78 is 22.5. The summed E-state index contributed by atoms with van der Waals surface area (Å²) in [5.74, 6) is 1.39. The zero-order valence-corrected chi connectivity index (χ0v) is 17.7. The van der Waals surface area contributed by atoms with E-state index < -0.39 is 37.1 Å². The first-order valence-corrected chi connectivity index (χ1v) is 10.4. The van der Waals surface area contributed by atoms with Crippen molar-refractivity contribution in [1.29, 1.82) is 0 Å². The van der Waals surface area contributed by atoms with E-state index >= 15 is 0 Å². The van der Waals surface area contributed by atoms with Gasteiger partial charge in [0.1, 0.15) is 49.5 Å². The lowest BCUT2D eigenvalue weighted by molar-refractivity contribution is -0.232. The molecule has 31 heavy (non-hydrogen) atoms. The number of halogens is 1. The van der Waals surface area contributed by atoms with Gasteiger partial charge in [-0.15, -0.1) is 0 Å². The van der Waals surface area contributed by atoms with Crippen LogP contribution in [-0.4, -0.2) is 71.8 Å². The van der Waals surface area contributed by atoms with Crippen molar-refractivity contribution in [1.82, 2.24) is 0 Å². The Balaban J connectivity index is 1.75. The zero-order chi connectivity index (χ0) is 22.1. The molecule has 0 saturated carbocycles. The van der Waals surface area contributed by atoms with Crippen LogP contribution < -0.4 is 14.2 Å². The third kappa shape index (κ3) is 4.19. The fourth-order valence-corrected chi connectivity index (χ4v) is 4.18. The lowest BCUT2D eigenvalue weighted by Gasteiger charge is -2.41. The third-order valence-electron chi connectivity index (χ3n) is 5.61. The first kappa shape index (κ1) is 22.1. The molecule has 4 N–H and O–H groups in total. The smallest absolute Gasteiger partial charge is 0.180 e. The minimum absolute atomic E-state index is 0.283. The molecule has 1 saturated heterocycles. The van der Waals surface area contributed by atoms with Gasteiger partial charge in [-0.2, -0.15) is 0 Å². The highest BCUT2D eigenvalue weighted by Crippen LogP contribution is 2.48. The van der Waals surface area contributed by atoms with E-state index in [2.05, 4.69) is 0 Å². The summed E-state index contributed by atoms with van der Waals surface area (Å²) >= 11 is 6.63. The molecule has 8 nitrogen and oxygen atoms in total. The minimum Gasteiger partial charge on any atom is -0.497 e. The molecule has 0 bridgehead atoms. The summed E-state index contributed by atoms with van der Waals surface area (Å²) in [6.07, 6.45) is -6.03. The highest BCUT2D eigenvalue weighted by atomic mass is 35.5. The maximum absolute atomic E-state index is 10.6. The molecule has 2 heterocycles. The SMILES string of the molecule is COc1ccc(Cc2cc([C@@H]3O[C@H](CO)[C@@H](O)[C@H](O)[C@H]3O)c3c(c2Cl)OCCO3)cc1. The van der Waals surface area contributed by atoms with Crippen LogP contribution in [0.5, 0.6) is 17.2 Å². The second kappa shape index (κ2) is 9.20. The van der Waals surface area contributed by atoms with E-state index in [0.717, 1.165) is 11.3 Å². The molecule has 0 radical (unpaired) electrons. The van der Waals surface area contributed by atoms with Crippen LogP contribution in [0.3, 0.4) is 0 Å². The number of rotatable bonds is 5. The van der Waals surface area contributed by atoms with Gasteiger partial charge in [-0.25, -0.2) is 0 Å². The fourth-order valence-electron chi connectivity index (χ4n) is 3.92. The maximum atomic E-state index is 10.6. The van der Waals surface area contributed by atoms with Crippen molar-refractivity contribution in [2.75, 3.05) is 26.9 Å². The second-order valence-electron chi connectivity index (χ2n) is 7.57. The Hall–Kier alpha value is -2.07. The Morgan fingerprint density at radius 1 is 1.00 bits per heavy atom. The van der Waals surface area contributed by atoms with Crippen molar-refractivity contribution in [2.24, 2.45) is 0 Å². The largest absolute Gasteiger partial charge is 0.497 e. The molecule has 4 rings (SSSR count). The summed E-state index contributed by atoms with van der Waals surface area (Å²) in [6.45, 7) is 0.0751.